The molecule has 0 heterocycles. The van der Waals surface area contributed by atoms with Crippen molar-refractivity contribution in [3.8, 4) is 0 Å². The highest BCUT2D eigenvalue weighted by atomic mass is 16.1. The fourth-order valence-electron chi connectivity index (χ4n) is 3.88. The maximum Gasteiger partial charge on any atom is 0.137 e. The predicted octanol–water partition coefficient (Wildman–Crippen LogP) is 3.82. The van der Waals surface area contributed by atoms with Gasteiger partial charge in [-0.1, -0.05) is 45.4 Å². The minimum atomic E-state index is -0.158. The van der Waals surface area contributed by atoms with E-state index in [1.54, 1.807) is 0 Å². The van der Waals surface area contributed by atoms with Crippen molar-refractivity contribution in [3.05, 3.63) is 0 Å². The van der Waals surface area contributed by atoms with Crippen molar-refractivity contribution in [2.45, 2.75) is 83.1 Å². The summed E-state index contributed by atoms with van der Waals surface area (Å²) in [5.74, 6) is 1.58. The third kappa shape index (κ3) is 3.57. The Kier molecular flexibility index (Phi) is 4.83. The van der Waals surface area contributed by atoms with Crippen LogP contribution in [0.1, 0.15) is 77.6 Å². The first-order valence-corrected chi connectivity index (χ1v) is 7.94. The second kappa shape index (κ2) is 6.18. The van der Waals surface area contributed by atoms with E-state index in [-0.39, 0.29) is 5.54 Å². The van der Waals surface area contributed by atoms with Gasteiger partial charge in [0.2, 0.25) is 0 Å². The van der Waals surface area contributed by atoms with E-state index in [4.69, 9.17) is 5.73 Å². The highest BCUT2D eigenvalue weighted by molar-refractivity contribution is 5.82. The molecule has 0 aromatic heterocycles. The first-order valence-electron chi connectivity index (χ1n) is 7.94. The molecule has 2 nitrogen and oxygen atoms in total. The van der Waals surface area contributed by atoms with Gasteiger partial charge in [0.05, 0.1) is 0 Å². The molecule has 0 bridgehead atoms. The molecule has 2 atom stereocenters. The second-order valence-corrected chi connectivity index (χ2v) is 6.70. The average molecular weight is 251 g/mol. The van der Waals surface area contributed by atoms with Crippen LogP contribution in [0, 0.1) is 11.8 Å². The normalized spacial score (nSPS) is 32.1. The van der Waals surface area contributed by atoms with Gasteiger partial charge >= 0.3 is 0 Å². The predicted molar refractivity (Wildman–Crippen MR) is 75.4 cm³/mol. The summed E-state index contributed by atoms with van der Waals surface area (Å²) in [7, 11) is 0. The number of carbonyl (C=O) groups is 1. The van der Waals surface area contributed by atoms with Crippen molar-refractivity contribution >= 4 is 5.78 Å². The number of ketones is 1. The van der Waals surface area contributed by atoms with Gasteiger partial charge in [-0.25, -0.2) is 0 Å². The Hall–Kier alpha value is -0.370. The molecule has 2 saturated carbocycles. The zero-order chi connectivity index (χ0) is 13.0. The van der Waals surface area contributed by atoms with Crippen molar-refractivity contribution < 1.29 is 4.79 Å². The Morgan fingerprint density at radius 3 is 2.56 bits per heavy atom. The van der Waals surface area contributed by atoms with E-state index in [1.165, 1.54) is 38.5 Å². The van der Waals surface area contributed by atoms with Crippen LogP contribution >= 0.6 is 0 Å². The number of rotatable bonds is 4. The van der Waals surface area contributed by atoms with E-state index in [9.17, 15) is 4.79 Å². The maximum absolute atomic E-state index is 12.5. The summed E-state index contributed by atoms with van der Waals surface area (Å²) >= 11 is 0. The zero-order valence-corrected chi connectivity index (χ0v) is 11.9. The number of carbonyl (C=O) groups excluding carboxylic acids is 1. The Morgan fingerprint density at radius 2 is 1.89 bits per heavy atom. The van der Waals surface area contributed by atoms with Crippen molar-refractivity contribution in [2.75, 3.05) is 0 Å². The molecule has 104 valence electrons. The summed E-state index contributed by atoms with van der Waals surface area (Å²) in [5, 5.41) is 0. The van der Waals surface area contributed by atoms with Gasteiger partial charge in [0, 0.05) is 17.9 Å². The molecule has 2 unspecified atom stereocenters. The molecule has 0 aromatic carbocycles. The van der Waals surface area contributed by atoms with Crippen molar-refractivity contribution in [2.24, 2.45) is 17.6 Å². The standard InChI is InChI=1S/C16H29NO/c1-2-13-7-6-8-14(11-13)15(18)12-16(17)9-4-3-5-10-16/h13-14H,2-12,17H2,1H3. The first-order chi connectivity index (χ1) is 8.63. The number of nitrogens with two attached hydrogens (primary N) is 1. The molecule has 2 N–H and O–H groups in total. The molecule has 2 aliphatic rings. The first kappa shape index (κ1) is 14.0. The third-order valence-corrected chi connectivity index (χ3v) is 5.19. The Bertz CT molecular complexity index is 281. The Labute approximate surface area is 112 Å². The Morgan fingerprint density at radius 1 is 1.17 bits per heavy atom. The number of hydrogen-bond donors (Lipinski definition) is 1. The molecule has 2 rings (SSSR count). The number of Topliss-reactive ketones (excluding diaryl/α,β-unsaturated/α-hetero) is 1. The summed E-state index contributed by atoms with van der Waals surface area (Å²) in [5.41, 5.74) is 6.25. The van der Waals surface area contributed by atoms with Gasteiger partial charge in [-0.15, -0.1) is 0 Å². The van der Waals surface area contributed by atoms with Gasteiger partial charge in [0.1, 0.15) is 5.78 Å². The van der Waals surface area contributed by atoms with E-state index in [0.717, 1.165) is 31.6 Å². The maximum atomic E-state index is 12.5. The van der Waals surface area contributed by atoms with Gasteiger partial charge < -0.3 is 5.73 Å². The molecular weight excluding hydrogens is 222 g/mol. The van der Waals surface area contributed by atoms with Gasteiger partial charge in [-0.05, 0) is 31.6 Å². The van der Waals surface area contributed by atoms with E-state index < -0.39 is 0 Å². The van der Waals surface area contributed by atoms with Crippen LogP contribution in [0.3, 0.4) is 0 Å². The third-order valence-electron chi connectivity index (χ3n) is 5.19. The van der Waals surface area contributed by atoms with E-state index in [1.807, 2.05) is 0 Å². The molecule has 2 heteroatoms. The molecule has 0 aromatic rings. The smallest absolute Gasteiger partial charge is 0.137 e. The monoisotopic (exact) mass is 251 g/mol. The lowest BCUT2D eigenvalue weighted by atomic mass is 9.73. The average Bonchev–Trinajstić information content (AvgIpc) is 2.39. The van der Waals surface area contributed by atoms with Crippen LogP contribution in [-0.2, 0) is 4.79 Å². The van der Waals surface area contributed by atoms with Crippen LogP contribution in [0.25, 0.3) is 0 Å². The summed E-state index contributed by atoms with van der Waals surface area (Å²) in [6.07, 6.45) is 12.5. The summed E-state index contributed by atoms with van der Waals surface area (Å²) in [6, 6.07) is 0. The molecule has 0 saturated heterocycles. The lowest BCUT2D eigenvalue weighted by Crippen LogP contribution is -2.45. The van der Waals surface area contributed by atoms with Crippen molar-refractivity contribution in [1.82, 2.24) is 0 Å². The molecule has 2 fully saturated rings. The summed E-state index contributed by atoms with van der Waals surface area (Å²) in [4.78, 5) is 12.5. The molecular formula is C16H29NO. The van der Waals surface area contributed by atoms with Crippen LogP contribution < -0.4 is 5.73 Å². The van der Waals surface area contributed by atoms with Crippen LogP contribution in [0.2, 0.25) is 0 Å². The summed E-state index contributed by atoms with van der Waals surface area (Å²) < 4.78 is 0. The molecule has 2 aliphatic carbocycles. The fourth-order valence-corrected chi connectivity index (χ4v) is 3.88. The van der Waals surface area contributed by atoms with Crippen LogP contribution in [0.5, 0.6) is 0 Å². The largest absolute Gasteiger partial charge is 0.325 e. The lowest BCUT2D eigenvalue weighted by Gasteiger charge is -2.35. The topological polar surface area (TPSA) is 43.1 Å². The van der Waals surface area contributed by atoms with Gasteiger partial charge in [0.25, 0.3) is 0 Å². The molecule has 18 heavy (non-hydrogen) atoms. The van der Waals surface area contributed by atoms with Crippen molar-refractivity contribution in [1.29, 1.82) is 0 Å². The zero-order valence-electron chi connectivity index (χ0n) is 11.9. The van der Waals surface area contributed by atoms with E-state index in [0.29, 0.717) is 18.1 Å². The van der Waals surface area contributed by atoms with E-state index in [2.05, 4.69) is 6.92 Å². The van der Waals surface area contributed by atoms with E-state index >= 15 is 0 Å². The van der Waals surface area contributed by atoms with Gasteiger partial charge in [0.15, 0.2) is 0 Å². The quantitative estimate of drug-likeness (QED) is 0.825. The molecule has 0 radical (unpaired) electrons. The SMILES string of the molecule is CCC1CCCC(C(=O)CC2(N)CCCCC2)C1. The van der Waals surface area contributed by atoms with Gasteiger partial charge in [-0.2, -0.15) is 0 Å². The minimum absolute atomic E-state index is 0.158. The Balaban J connectivity index is 1.86. The lowest BCUT2D eigenvalue weighted by molar-refractivity contribution is -0.125. The second-order valence-electron chi connectivity index (χ2n) is 6.70. The van der Waals surface area contributed by atoms with Gasteiger partial charge in [-0.3, -0.25) is 4.79 Å². The van der Waals surface area contributed by atoms with Crippen LogP contribution in [-0.4, -0.2) is 11.3 Å². The summed E-state index contributed by atoms with van der Waals surface area (Å²) in [6.45, 7) is 2.25. The highest BCUT2D eigenvalue weighted by Crippen LogP contribution is 2.35. The van der Waals surface area contributed by atoms with Crippen molar-refractivity contribution in [3.63, 3.8) is 0 Å². The fraction of sp³-hybridized carbons (Fsp3) is 0.938. The molecule has 0 spiro atoms. The van der Waals surface area contributed by atoms with Crippen LogP contribution in [0.4, 0.5) is 0 Å². The molecule has 0 aliphatic heterocycles. The highest BCUT2D eigenvalue weighted by Gasteiger charge is 2.34. The number of hydrogen-bond acceptors (Lipinski definition) is 2. The molecule has 0 amide bonds. The van der Waals surface area contributed by atoms with Crippen LogP contribution in [0.15, 0.2) is 0 Å². The minimum Gasteiger partial charge on any atom is -0.325 e.